The van der Waals surface area contributed by atoms with Gasteiger partial charge >= 0.3 is 5.97 Å². The van der Waals surface area contributed by atoms with Crippen LogP contribution in [0, 0.1) is 6.92 Å². The summed E-state index contributed by atoms with van der Waals surface area (Å²) in [5.41, 5.74) is 2.46. The molecule has 0 aliphatic carbocycles. The molecule has 3 rings (SSSR count). The lowest BCUT2D eigenvalue weighted by Crippen LogP contribution is -2.16. The van der Waals surface area contributed by atoms with Crippen LogP contribution < -0.4 is 5.32 Å². The van der Waals surface area contributed by atoms with Crippen molar-refractivity contribution in [2.75, 3.05) is 18.2 Å². The first-order chi connectivity index (χ1) is 13.0. The van der Waals surface area contributed by atoms with Crippen molar-refractivity contribution < 1.29 is 14.3 Å². The van der Waals surface area contributed by atoms with Gasteiger partial charge in [-0.2, -0.15) is 0 Å². The number of aromatic nitrogens is 3. The number of carbonyl (C=O) groups excluding carboxylic acids is 2. The number of amides is 1. The van der Waals surface area contributed by atoms with Crippen molar-refractivity contribution in [1.82, 2.24) is 14.8 Å². The highest BCUT2D eigenvalue weighted by atomic mass is 32.2. The van der Waals surface area contributed by atoms with Crippen molar-refractivity contribution in [3.8, 4) is 11.4 Å². The molecule has 2 heterocycles. The van der Waals surface area contributed by atoms with Gasteiger partial charge in [0.25, 0.3) is 0 Å². The van der Waals surface area contributed by atoms with Crippen LogP contribution in [0.1, 0.15) is 15.9 Å². The van der Waals surface area contributed by atoms with E-state index in [1.165, 1.54) is 30.2 Å². The molecule has 0 saturated carbocycles. The minimum Gasteiger partial charge on any atom is -0.465 e. The fraction of sp³-hybridized carbons (Fsp3) is 0.222. The molecule has 1 amide bonds. The van der Waals surface area contributed by atoms with Crippen LogP contribution in [-0.4, -0.2) is 39.5 Å². The second kappa shape index (κ2) is 8.36. The van der Waals surface area contributed by atoms with Crippen LogP contribution >= 0.6 is 23.1 Å². The lowest BCUT2D eigenvalue weighted by atomic mass is 10.1. The molecule has 7 nitrogen and oxygen atoms in total. The van der Waals surface area contributed by atoms with Crippen LogP contribution in [0.5, 0.6) is 0 Å². The quantitative estimate of drug-likeness (QED) is 0.503. The lowest BCUT2D eigenvalue weighted by molar-refractivity contribution is -0.113. The third-order valence-corrected chi connectivity index (χ3v) is 5.62. The minimum absolute atomic E-state index is 0.151. The predicted molar refractivity (Wildman–Crippen MR) is 106 cm³/mol. The average molecular weight is 403 g/mol. The Morgan fingerprint density at radius 1 is 1.30 bits per heavy atom. The molecule has 27 heavy (non-hydrogen) atoms. The number of hydrogen-bond donors (Lipinski definition) is 1. The number of benzene rings is 1. The zero-order valence-corrected chi connectivity index (χ0v) is 16.7. The number of esters is 1. The normalized spacial score (nSPS) is 10.6. The summed E-state index contributed by atoms with van der Waals surface area (Å²) in [5.74, 6) is 0.189. The van der Waals surface area contributed by atoms with Gasteiger partial charge in [0.1, 0.15) is 5.00 Å². The number of aryl methyl sites for hydroxylation is 1. The van der Waals surface area contributed by atoms with Gasteiger partial charge in [0.2, 0.25) is 5.91 Å². The first-order valence-electron chi connectivity index (χ1n) is 8.04. The molecule has 0 aliphatic heterocycles. The second-order valence-corrected chi connectivity index (χ2v) is 7.59. The number of methoxy groups -OCH3 is 1. The topological polar surface area (TPSA) is 86.1 Å². The molecule has 0 unspecified atom stereocenters. The van der Waals surface area contributed by atoms with E-state index in [4.69, 9.17) is 4.74 Å². The molecule has 0 atom stereocenters. The number of thioether (sulfide) groups is 1. The summed E-state index contributed by atoms with van der Waals surface area (Å²) in [6.07, 6.45) is 0. The van der Waals surface area contributed by atoms with E-state index < -0.39 is 5.97 Å². The van der Waals surface area contributed by atoms with E-state index >= 15 is 0 Å². The molecule has 0 fully saturated rings. The first-order valence-corrected chi connectivity index (χ1v) is 9.91. The predicted octanol–water partition coefficient (Wildman–Crippen LogP) is 3.37. The van der Waals surface area contributed by atoms with Gasteiger partial charge < -0.3 is 14.6 Å². The third-order valence-electron chi connectivity index (χ3n) is 3.77. The first kappa shape index (κ1) is 19.1. The van der Waals surface area contributed by atoms with E-state index in [1.54, 1.807) is 11.4 Å². The summed E-state index contributed by atoms with van der Waals surface area (Å²) in [5, 5.41) is 14.0. The van der Waals surface area contributed by atoms with Crippen molar-refractivity contribution in [1.29, 1.82) is 0 Å². The smallest absolute Gasteiger partial charge is 0.340 e. The number of rotatable bonds is 6. The maximum Gasteiger partial charge on any atom is 0.340 e. The van der Waals surface area contributed by atoms with Gasteiger partial charge in [-0.1, -0.05) is 35.5 Å². The molecule has 0 radical (unpaired) electrons. The molecule has 1 N–H and O–H groups in total. The Hall–Kier alpha value is -2.65. The number of hydrogen-bond acceptors (Lipinski definition) is 7. The lowest BCUT2D eigenvalue weighted by Gasteiger charge is -2.06. The fourth-order valence-corrected chi connectivity index (χ4v) is 3.95. The largest absolute Gasteiger partial charge is 0.465 e. The number of thiophene rings is 1. The van der Waals surface area contributed by atoms with Crippen LogP contribution in [0.15, 0.2) is 40.9 Å². The van der Waals surface area contributed by atoms with Gasteiger partial charge in [-0.25, -0.2) is 4.79 Å². The van der Waals surface area contributed by atoms with Crippen molar-refractivity contribution in [2.45, 2.75) is 12.1 Å². The zero-order chi connectivity index (χ0) is 19.4. The van der Waals surface area contributed by atoms with Gasteiger partial charge in [-0.15, -0.1) is 21.5 Å². The minimum atomic E-state index is -0.477. The van der Waals surface area contributed by atoms with Crippen LogP contribution in [0.2, 0.25) is 0 Å². The van der Waals surface area contributed by atoms with Gasteiger partial charge in [0.05, 0.1) is 18.4 Å². The molecule has 0 bridgehead atoms. The van der Waals surface area contributed by atoms with E-state index in [-0.39, 0.29) is 11.7 Å². The van der Waals surface area contributed by atoms with Crippen molar-refractivity contribution in [2.24, 2.45) is 7.05 Å². The Bertz CT molecular complexity index is 981. The number of carbonyl (C=O) groups is 2. The van der Waals surface area contributed by atoms with Crippen molar-refractivity contribution in [3.05, 3.63) is 46.8 Å². The van der Waals surface area contributed by atoms with Crippen LogP contribution in [0.25, 0.3) is 11.4 Å². The monoisotopic (exact) mass is 402 g/mol. The maximum atomic E-state index is 12.2. The van der Waals surface area contributed by atoms with E-state index in [0.29, 0.717) is 15.7 Å². The summed E-state index contributed by atoms with van der Waals surface area (Å²) in [4.78, 5) is 23.9. The molecule has 3 aromatic rings. The number of nitrogens with one attached hydrogen (secondary N) is 1. The fourth-order valence-electron chi connectivity index (χ4n) is 2.45. The summed E-state index contributed by atoms with van der Waals surface area (Å²) < 4.78 is 6.56. The molecule has 0 saturated heterocycles. The number of nitrogens with zero attached hydrogens (tertiary/aromatic N) is 3. The third kappa shape index (κ3) is 4.37. The van der Waals surface area contributed by atoms with Crippen molar-refractivity contribution in [3.63, 3.8) is 0 Å². The van der Waals surface area contributed by atoms with Crippen LogP contribution in [0.4, 0.5) is 5.00 Å². The van der Waals surface area contributed by atoms with E-state index in [9.17, 15) is 9.59 Å². The highest BCUT2D eigenvalue weighted by Crippen LogP contribution is 2.26. The highest BCUT2D eigenvalue weighted by Gasteiger charge is 2.17. The Balaban J connectivity index is 1.65. The highest BCUT2D eigenvalue weighted by molar-refractivity contribution is 7.99. The number of ether oxygens (including phenoxy) is 1. The average Bonchev–Trinajstić information content (AvgIpc) is 3.26. The van der Waals surface area contributed by atoms with E-state index in [1.807, 2.05) is 42.8 Å². The summed E-state index contributed by atoms with van der Waals surface area (Å²) in [6.45, 7) is 2.02. The molecule has 1 aromatic carbocycles. The standard InChI is InChI=1S/C18H18N4O3S2/c1-11-5-4-6-12(9-11)15-20-21-18(22(15)2)27-10-14(23)19-16-13(7-8-26-16)17(24)25-3/h4-9H,10H2,1-3H3,(H,19,23). The summed E-state index contributed by atoms with van der Waals surface area (Å²) in [7, 11) is 3.17. The second-order valence-electron chi connectivity index (χ2n) is 5.73. The van der Waals surface area contributed by atoms with Crippen molar-refractivity contribution >= 4 is 40.0 Å². The Morgan fingerprint density at radius 3 is 2.85 bits per heavy atom. The maximum absolute atomic E-state index is 12.2. The molecule has 0 spiro atoms. The Labute approximate surface area is 164 Å². The number of anilines is 1. The van der Waals surface area contributed by atoms with Crippen LogP contribution in [0.3, 0.4) is 0 Å². The van der Waals surface area contributed by atoms with Gasteiger partial charge in [0, 0.05) is 12.6 Å². The molecule has 0 aliphatic rings. The van der Waals surface area contributed by atoms with Crippen LogP contribution in [-0.2, 0) is 16.6 Å². The van der Waals surface area contributed by atoms with Gasteiger partial charge in [0.15, 0.2) is 11.0 Å². The summed E-state index contributed by atoms with van der Waals surface area (Å²) in [6, 6.07) is 9.63. The Morgan fingerprint density at radius 2 is 2.11 bits per heavy atom. The van der Waals surface area contributed by atoms with E-state index in [0.717, 1.165) is 17.0 Å². The molecular weight excluding hydrogens is 384 g/mol. The zero-order valence-electron chi connectivity index (χ0n) is 15.1. The van der Waals surface area contributed by atoms with Gasteiger partial charge in [-0.3, -0.25) is 4.79 Å². The molecule has 140 valence electrons. The Kier molecular flexibility index (Phi) is 5.92. The molecule has 2 aromatic heterocycles. The molecule has 9 heteroatoms. The molecular formula is C18H18N4O3S2. The SMILES string of the molecule is COC(=O)c1ccsc1NC(=O)CSc1nnc(-c2cccc(C)c2)n1C. The summed E-state index contributed by atoms with van der Waals surface area (Å²) >= 11 is 2.56. The van der Waals surface area contributed by atoms with Gasteiger partial charge in [-0.05, 0) is 24.4 Å². The van der Waals surface area contributed by atoms with E-state index in [2.05, 4.69) is 15.5 Å².